The van der Waals surface area contributed by atoms with Crippen LogP contribution in [0.4, 0.5) is 15.8 Å². The summed E-state index contributed by atoms with van der Waals surface area (Å²) in [6.45, 7) is 1.13. The number of ether oxygens (including phenoxy) is 1. The fourth-order valence-corrected chi connectivity index (χ4v) is 2.11. The molecule has 0 bridgehead atoms. The van der Waals surface area contributed by atoms with Crippen LogP contribution in [0.3, 0.4) is 0 Å². The van der Waals surface area contributed by atoms with Crippen LogP contribution in [0.2, 0.25) is 0 Å². The lowest BCUT2D eigenvalue weighted by Crippen LogP contribution is -2.33. The Morgan fingerprint density at radius 2 is 2.18 bits per heavy atom. The third kappa shape index (κ3) is 4.32. The van der Waals surface area contributed by atoms with E-state index < -0.39 is 17.7 Å². The molecule has 120 valence electrons. The predicted octanol–water partition coefficient (Wildman–Crippen LogP) is 1.83. The number of anilines is 2. The van der Waals surface area contributed by atoms with E-state index in [1.54, 1.807) is 0 Å². The molecule has 3 N–H and O–H groups in total. The molecule has 0 aliphatic carbocycles. The summed E-state index contributed by atoms with van der Waals surface area (Å²) in [5.74, 6) is -2.63. The lowest BCUT2D eigenvalue weighted by Gasteiger charge is -2.27. The molecule has 0 spiro atoms. The molecule has 6 nitrogen and oxygen atoms in total. The van der Waals surface area contributed by atoms with Gasteiger partial charge in [-0.2, -0.15) is 0 Å². The molecule has 22 heavy (non-hydrogen) atoms. The quantitative estimate of drug-likeness (QED) is 0.664. The topological polar surface area (TPSA) is 87.7 Å². The van der Waals surface area contributed by atoms with Crippen LogP contribution >= 0.6 is 11.6 Å². The Hall–Kier alpha value is -1.86. The first-order chi connectivity index (χ1) is 10.5. The van der Waals surface area contributed by atoms with Crippen molar-refractivity contribution >= 4 is 34.9 Å². The van der Waals surface area contributed by atoms with Gasteiger partial charge in [0.2, 0.25) is 5.91 Å². The Labute approximate surface area is 131 Å². The SMILES string of the molecule is O=C(O)Cc1cc(F)c(NC(=O)CCl)c(NCC2CCO2)c1. The highest BCUT2D eigenvalue weighted by Crippen LogP contribution is 2.28. The summed E-state index contributed by atoms with van der Waals surface area (Å²) in [5, 5.41) is 14.2. The second kappa shape index (κ2) is 7.42. The van der Waals surface area contributed by atoms with Crippen molar-refractivity contribution in [3.63, 3.8) is 0 Å². The van der Waals surface area contributed by atoms with Gasteiger partial charge in [0.1, 0.15) is 17.4 Å². The average molecular weight is 331 g/mol. The number of carboxylic acid groups (broad SMARTS) is 1. The van der Waals surface area contributed by atoms with Gasteiger partial charge >= 0.3 is 5.97 Å². The molecule has 2 rings (SSSR count). The summed E-state index contributed by atoms with van der Waals surface area (Å²) in [6.07, 6.45) is 0.617. The molecular weight excluding hydrogens is 315 g/mol. The highest BCUT2D eigenvalue weighted by atomic mass is 35.5. The zero-order valence-electron chi connectivity index (χ0n) is 11.7. The molecule has 1 aliphatic rings. The number of carbonyl (C=O) groups excluding carboxylic acids is 1. The van der Waals surface area contributed by atoms with Crippen molar-refractivity contribution in [2.75, 3.05) is 29.7 Å². The Bertz CT molecular complexity index is 578. The summed E-state index contributed by atoms with van der Waals surface area (Å²) in [6, 6.07) is 2.59. The molecule has 1 aliphatic heterocycles. The van der Waals surface area contributed by atoms with Crippen LogP contribution < -0.4 is 10.6 Å². The van der Waals surface area contributed by atoms with Crippen molar-refractivity contribution in [2.45, 2.75) is 18.9 Å². The van der Waals surface area contributed by atoms with E-state index in [1.807, 2.05) is 0 Å². The molecule has 1 aromatic carbocycles. The summed E-state index contributed by atoms with van der Waals surface area (Å²) < 4.78 is 19.4. The minimum absolute atomic E-state index is 0.0303. The predicted molar refractivity (Wildman–Crippen MR) is 79.9 cm³/mol. The van der Waals surface area contributed by atoms with Gasteiger partial charge in [-0.05, 0) is 24.1 Å². The van der Waals surface area contributed by atoms with Crippen LogP contribution in [0.1, 0.15) is 12.0 Å². The van der Waals surface area contributed by atoms with Crippen LogP contribution in [0.25, 0.3) is 0 Å². The van der Waals surface area contributed by atoms with Crippen molar-refractivity contribution < 1.29 is 23.8 Å². The van der Waals surface area contributed by atoms with E-state index in [4.69, 9.17) is 21.4 Å². The van der Waals surface area contributed by atoms with Crippen molar-refractivity contribution in [3.8, 4) is 0 Å². The fourth-order valence-electron chi connectivity index (χ4n) is 2.05. The first-order valence-corrected chi connectivity index (χ1v) is 7.28. The summed E-state index contributed by atoms with van der Waals surface area (Å²) in [4.78, 5) is 22.2. The van der Waals surface area contributed by atoms with Crippen molar-refractivity contribution in [3.05, 3.63) is 23.5 Å². The molecule has 1 unspecified atom stereocenters. The van der Waals surface area contributed by atoms with Crippen LogP contribution in [0, 0.1) is 5.82 Å². The van der Waals surface area contributed by atoms with Crippen LogP contribution in [-0.4, -0.2) is 42.1 Å². The fraction of sp³-hybridized carbons (Fsp3) is 0.429. The van der Waals surface area contributed by atoms with Crippen molar-refractivity contribution in [1.29, 1.82) is 0 Å². The lowest BCUT2D eigenvalue weighted by molar-refractivity contribution is -0.136. The van der Waals surface area contributed by atoms with Gasteiger partial charge in [-0.25, -0.2) is 4.39 Å². The number of carboxylic acids is 1. The highest BCUT2D eigenvalue weighted by Gasteiger charge is 2.20. The van der Waals surface area contributed by atoms with Gasteiger partial charge in [-0.1, -0.05) is 0 Å². The number of amides is 1. The van der Waals surface area contributed by atoms with Gasteiger partial charge in [0, 0.05) is 13.2 Å². The lowest BCUT2D eigenvalue weighted by atomic mass is 10.1. The van der Waals surface area contributed by atoms with Crippen molar-refractivity contribution in [1.82, 2.24) is 0 Å². The van der Waals surface area contributed by atoms with Crippen LogP contribution in [0.15, 0.2) is 12.1 Å². The summed E-state index contributed by atoms with van der Waals surface area (Å²) >= 11 is 5.41. The first kappa shape index (κ1) is 16.5. The number of hydrogen-bond acceptors (Lipinski definition) is 4. The number of aliphatic carboxylic acids is 1. The molecule has 1 fully saturated rings. The van der Waals surface area contributed by atoms with E-state index >= 15 is 0 Å². The Morgan fingerprint density at radius 1 is 1.45 bits per heavy atom. The van der Waals surface area contributed by atoms with E-state index in [0.717, 1.165) is 12.5 Å². The largest absolute Gasteiger partial charge is 0.481 e. The number of carbonyl (C=O) groups is 2. The molecular formula is C14H16ClFN2O4. The van der Waals surface area contributed by atoms with Gasteiger partial charge in [0.05, 0.1) is 18.2 Å². The zero-order chi connectivity index (χ0) is 16.1. The molecule has 0 saturated carbocycles. The maximum atomic E-state index is 14.2. The van der Waals surface area contributed by atoms with Gasteiger partial charge in [-0.15, -0.1) is 11.6 Å². The molecule has 1 aromatic rings. The van der Waals surface area contributed by atoms with Gasteiger partial charge in [0.15, 0.2) is 0 Å². The first-order valence-electron chi connectivity index (χ1n) is 6.75. The number of benzene rings is 1. The molecule has 1 amide bonds. The average Bonchev–Trinajstić information content (AvgIpc) is 2.39. The monoisotopic (exact) mass is 330 g/mol. The smallest absolute Gasteiger partial charge is 0.307 e. The van der Waals surface area contributed by atoms with Crippen LogP contribution in [-0.2, 0) is 20.7 Å². The van der Waals surface area contributed by atoms with E-state index in [1.165, 1.54) is 6.07 Å². The van der Waals surface area contributed by atoms with Crippen molar-refractivity contribution in [2.24, 2.45) is 0 Å². The third-order valence-corrected chi connectivity index (χ3v) is 3.45. The van der Waals surface area contributed by atoms with E-state index in [-0.39, 0.29) is 24.1 Å². The number of nitrogens with one attached hydrogen (secondary N) is 2. The van der Waals surface area contributed by atoms with Gasteiger partial charge in [0.25, 0.3) is 0 Å². The maximum absolute atomic E-state index is 14.2. The number of alkyl halides is 1. The minimum atomic E-state index is -1.06. The number of hydrogen-bond donors (Lipinski definition) is 3. The van der Waals surface area contributed by atoms with Gasteiger partial charge in [-0.3, -0.25) is 9.59 Å². The molecule has 1 saturated heterocycles. The molecule has 0 aromatic heterocycles. The second-order valence-electron chi connectivity index (χ2n) is 4.91. The zero-order valence-corrected chi connectivity index (χ0v) is 12.5. The normalized spacial score (nSPS) is 16.7. The third-order valence-electron chi connectivity index (χ3n) is 3.20. The summed E-state index contributed by atoms with van der Waals surface area (Å²) in [5.41, 5.74) is 0.565. The second-order valence-corrected chi connectivity index (χ2v) is 5.18. The molecule has 8 heteroatoms. The van der Waals surface area contributed by atoms with Crippen LogP contribution in [0.5, 0.6) is 0 Å². The molecule has 1 heterocycles. The van der Waals surface area contributed by atoms with E-state index in [2.05, 4.69) is 10.6 Å². The Morgan fingerprint density at radius 3 is 2.73 bits per heavy atom. The summed E-state index contributed by atoms with van der Waals surface area (Å²) in [7, 11) is 0. The molecule has 0 radical (unpaired) electrons. The van der Waals surface area contributed by atoms with E-state index in [0.29, 0.717) is 24.4 Å². The van der Waals surface area contributed by atoms with Gasteiger partial charge < -0.3 is 20.5 Å². The van der Waals surface area contributed by atoms with E-state index in [9.17, 15) is 14.0 Å². The Kier molecular flexibility index (Phi) is 5.57. The highest BCUT2D eigenvalue weighted by molar-refractivity contribution is 6.29. The number of halogens is 2. The Balaban J connectivity index is 2.22. The molecule has 1 atom stereocenters. The number of rotatable bonds is 7. The minimum Gasteiger partial charge on any atom is -0.481 e. The standard InChI is InChI=1S/C14H16ClFN2O4/c15-6-12(19)18-14-10(16)3-8(5-13(20)21)4-11(14)17-7-9-1-2-22-9/h3-4,9,17H,1-2,5-7H2,(H,18,19)(H,20,21). The maximum Gasteiger partial charge on any atom is 0.307 e.